The van der Waals surface area contributed by atoms with E-state index >= 15 is 0 Å². The van der Waals surface area contributed by atoms with E-state index in [4.69, 9.17) is 4.98 Å². The molecule has 1 aliphatic heterocycles. The van der Waals surface area contributed by atoms with E-state index in [0.29, 0.717) is 5.39 Å². The Morgan fingerprint density at radius 2 is 1.81 bits per heavy atom. The van der Waals surface area contributed by atoms with Crippen LogP contribution in [-0.2, 0) is 26.2 Å². The van der Waals surface area contributed by atoms with Gasteiger partial charge in [0.1, 0.15) is 5.82 Å². The summed E-state index contributed by atoms with van der Waals surface area (Å²) in [7, 11) is 2.08. The lowest BCUT2D eigenvalue weighted by Crippen LogP contribution is -2.22. The van der Waals surface area contributed by atoms with Crippen LogP contribution < -0.4 is 0 Å². The van der Waals surface area contributed by atoms with Crippen molar-refractivity contribution in [1.82, 2.24) is 14.8 Å². The van der Waals surface area contributed by atoms with Crippen LogP contribution in [0.3, 0.4) is 0 Å². The minimum absolute atomic E-state index is 0.199. The number of hydrogen-bond acceptors (Lipinski definition) is 3. The molecule has 0 aliphatic carbocycles. The van der Waals surface area contributed by atoms with Gasteiger partial charge in [0.2, 0.25) is 0 Å². The first-order chi connectivity index (χ1) is 12.6. The zero-order valence-corrected chi connectivity index (χ0v) is 15.4. The maximum Gasteiger partial charge on any atom is 0.132 e. The van der Waals surface area contributed by atoms with Crippen LogP contribution in [0.2, 0.25) is 0 Å². The van der Waals surface area contributed by atoms with Crippen molar-refractivity contribution in [3.05, 3.63) is 76.7 Å². The maximum atomic E-state index is 14.2. The summed E-state index contributed by atoms with van der Waals surface area (Å²) in [6.45, 7) is 6.54. The summed E-state index contributed by atoms with van der Waals surface area (Å²) in [6.07, 6.45) is 0. The maximum absolute atomic E-state index is 14.2. The SMILES string of the molecule is CCN(C)Cc1cc2c(F)cccc2nc1CN1Cc2ccccc2C1. The number of pyridine rings is 1. The van der Waals surface area contributed by atoms with E-state index in [-0.39, 0.29) is 5.82 Å². The first kappa shape index (κ1) is 17.1. The van der Waals surface area contributed by atoms with E-state index in [0.717, 1.165) is 49.5 Å². The van der Waals surface area contributed by atoms with Crippen LogP contribution >= 0.6 is 0 Å². The topological polar surface area (TPSA) is 19.4 Å². The number of nitrogens with zero attached hydrogens (tertiary/aromatic N) is 3. The van der Waals surface area contributed by atoms with Crippen molar-refractivity contribution >= 4 is 10.9 Å². The van der Waals surface area contributed by atoms with Crippen LogP contribution in [0.4, 0.5) is 4.39 Å². The monoisotopic (exact) mass is 349 g/mol. The highest BCUT2D eigenvalue weighted by molar-refractivity contribution is 5.80. The Balaban J connectivity index is 1.67. The van der Waals surface area contributed by atoms with Crippen LogP contribution in [0.25, 0.3) is 10.9 Å². The zero-order valence-electron chi connectivity index (χ0n) is 15.4. The normalized spacial score (nSPS) is 14.3. The number of halogens is 1. The van der Waals surface area contributed by atoms with Gasteiger partial charge in [-0.25, -0.2) is 4.39 Å². The van der Waals surface area contributed by atoms with Gasteiger partial charge in [-0.1, -0.05) is 37.3 Å². The molecule has 4 heteroatoms. The van der Waals surface area contributed by atoms with Crippen LogP contribution in [0.15, 0.2) is 48.5 Å². The summed E-state index contributed by atoms with van der Waals surface area (Å²) in [5.74, 6) is -0.199. The molecule has 0 saturated carbocycles. The Morgan fingerprint density at radius 3 is 2.50 bits per heavy atom. The second-order valence-electron chi connectivity index (χ2n) is 7.14. The van der Waals surface area contributed by atoms with Gasteiger partial charge in [0.05, 0.1) is 11.2 Å². The lowest BCUT2D eigenvalue weighted by Gasteiger charge is -2.21. The molecule has 0 amide bonds. The largest absolute Gasteiger partial charge is 0.302 e. The van der Waals surface area contributed by atoms with E-state index in [9.17, 15) is 4.39 Å². The molecule has 1 aromatic heterocycles. The third kappa shape index (κ3) is 3.35. The lowest BCUT2D eigenvalue weighted by molar-refractivity contribution is 0.268. The fourth-order valence-corrected chi connectivity index (χ4v) is 3.64. The molecule has 0 fully saturated rings. The van der Waals surface area contributed by atoms with Crippen molar-refractivity contribution in [2.24, 2.45) is 0 Å². The smallest absolute Gasteiger partial charge is 0.132 e. The molecule has 0 atom stereocenters. The molecule has 0 saturated heterocycles. The summed E-state index contributed by atoms with van der Waals surface area (Å²) in [5.41, 5.74) is 5.69. The van der Waals surface area contributed by atoms with Gasteiger partial charge >= 0.3 is 0 Å². The van der Waals surface area contributed by atoms with Gasteiger partial charge in [0, 0.05) is 31.6 Å². The van der Waals surface area contributed by atoms with Gasteiger partial charge in [-0.2, -0.15) is 0 Å². The van der Waals surface area contributed by atoms with Crippen LogP contribution in [0.1, 0.15) is 29.3 Å². The molecule has 0 unspecified atom stereocenters. The summed E-state index contributed by atoms with van der Waals surface area (Å²) in [4.78, 5) is 9.48. The van der Waals surface area contributed by atoms with Gasteiger partial charge in [0.25, 0.3) is 0 Å². The van der Waals surface area contributed by atoms with Gasteiger partial charge < -0.3 is 4.90 Å². The molecule has 2 aromatic carbocycles. The number of hydrogen-bond donors (Lipinski definition) is 0. The van der Waals surface area contributed by atoms with E-state index < -0.39 is 0 Å². The number of fused-ring (bicyclic) bond motifs is 2. The fourth-order valence-electron chi connectivity index (χ4n) is 3.64. The van der Waals surface area contributed by atoms with Crippen LogP contribution in [-0.4, -0.2) is 28.4 Å². The Kier molecular flexibility index (Phi) is 4.70. The molecule has 1 aliphatic rings. The molecule has 0 bridgehead atoms. The Morgan fingerprint density at radius 1 is 1.08 bits per heavy atom. The Hall–Kier alpha value is -2.30. The van der Waals surface area contributed by atoms with Crippen molar-refractivity contribution < 1.29 is 4.39 Å². The number of benzene rings is 2. The fraction of sp³-hybridized carbons (Fsp3) is 0.318. The molecule has 3 aromatic rings. The zero-order chi connectivity index (χ0) is 18.1. The summed E-state index contributed by atoms with van der Waals surface area (Å²) in [6, 6.07) is 15.7. The predicted molar refractivity (Wildman–Crippen MR) is 103 cm³/mol. The molecule has 2 heterocycles. The van der Waals surface area contributed by atoms with E-state index in [1.54, 1.807) is 6.07 Å². The summed E-state index contributed by atoms with van der Waals surface area (Å²) < 4.78 is 14.2. The van der Waals surface area contributed by atoms with Crippen molar-refractivity contribution in [2.75, 3.05) is 13.6 Å². The molecular weight excluding hydrogens is 325 g/mol. The van der Waals surface area contributed by atoms with E-state index in [1.807, 2.05) is 12.1 Å². The lowest BCUT2D eigenvalue weighted by atomic mass is 10.1. The first-order valence-corrected chi connectivity index (χ1v) is 9.18. The second kappa shape index (κ2) is 7.14. The van der Waals surface area contributed by atoms with Crippen molar-refractivity contribution in [3.63, 3.8) is 0 Å². The second-order valence-corrected chi connectivity index (χ2v) is 7.14. The van der Waals surface area contributed by atoms with Gasteiger partial charge in [0.15, 0.2) is 0 Å². The van der Waals surface area contributed by atoms with Gasteiger partial charge in [-0.3, -0.25) is 9.88 Å². The Labute approximate surface area is 154 Å². The standard InChI is InChI=1S/C22H24FN3/c1-3-25(2)12-18-11-19-20(23)9-6-10-21(19)24-22(18)15-26-13-16-7-4-5-8-17(16)14-26/h4-11H,3,12-15H2,1-2H3. The highest BCUT2D eigenvalue weighted by Gasteiger charge is 2.20. The molecule has 26 heavy (non-hydrogen) atoms. The van der Waals surface area contributed by atoms with Gasteiger partial charge in [-0.15, -0.1) is 0 Å². The molecule has 3 nitrogen and oxygen atoms in total. The minimum Gasteiger partial charge on any atom is -0.302 e. The molecule has 4 rings (SSSR count). The van der Waals surface area contributed by atoms with Crippen LogP contribution in [0, 0.1) is 5.82 Å². The number of aromatic nitrogens is 1. The third-order valence-electron chi connectivity index (χ3n) is 5.23. The first-order valence-electron chi connectivity index (χ1n) is 9.18. The van der Waals surface area contributed by atoms with E-state index in [2.05, 4.69) is 48.0 Å². The average Bonchev–Trinajstić information content (AvgIpc) is 3.05. The number of rotatable bonds is 5. The molecule has 0 spiro atoms. The van der Waals surface area contributed by atoms with Crippen LogP contribution in [0.5, 0.6) is 0 Å². The average molecular weight is 349 g/mol. The third-order valence-corrected chi connectivity index (χ3v) is 5.23. The highest BCUT2D eigenvalue weighted by atomic mass is 19.1. The van der Waals surface area contributed by atoms with Crippen molar-refractivity contribution in [2.45, 2.75) is 33.1 Å². The quantitative estimate of drug-likeness (QED) is 0.683. The molecule has 134 valence electrons. The molecule has 0 radical (unpaired) electrons. The molecular formula is C22H24FN3. The Bertz CT molecular complexity index is 913. The predicted octanol–water partition coefficient (Wildman–Crippen LogP) is 4.34. The molecule has 0 N–H and O–H groups in total. The van der Waals surface area contributed by atoms with Crippen molar-refractivity contribution in [3.8, 4) is 0 Å². The summed E-state index contributed by atoms with van der Waals surface area (Å²) in [5, 5.41) is 0.612. The minimum atomic E-state index is -0.199. The summed E-state index contributed by atoms with van der Waals surface area (Å²) >= 11 is 0. The van der Waals surface area contributed by atoms with Gasteiger partial charge in [-0.05, 0) is 48.5 Å². The van der Waals surface area contributed by atoms with Crippen molar-refractivity contribution in [1.29, 1.82) is 0 Å². The highest BCUT2D eigenvalue weighted by Crippen LogP contribution is 2.26. The van der Waals surface area contributed by atoms with E-state index in [1.165, 1.54) is 17.2 Å².